The van der Waals surface area contributed by atoms with E-state index in [2.05, 4.69) is 21.2 Å². The first-order valence-corrected chi connectivity index (χ1v) is 5.85. The van der Waals surface area contributed by atoms with Crippen LogP contribution in [0.25, 0.3) is 0 Å². The molecule has 0 saturated carbocycles. The summed E-state index contributed by atoms with van der Waals surface area (Å²) < 4.78 is 0.527. The lowest BCUT2D eigenvalue weighted by Crippen LogP contribution is -2.02. The fraction of sp³-hybridized carbons (Fsp3) is 0. The second kappa shape index (κ2) is 6.43. The van der Waals surface area contributed by atoms with Gasteiger partial charge in [0, 0.05) is 4.47 Å². The van der Waals surface area contributed by atoms with Gasteiger partial charge in [-0.05, 0) is 28.1 Å². The van der Waals surface area contributed by atoms with Crippen molar-refractivity contribution in [2.24, 2.45) is 0 Å². The highest BCUT2D eigenvalue weighted by atomic mass is 79.9. The summed E-state index contributed by atoms with van der Waals surface area (Å²) in [5, 5.41) is 38.2. The molecule has 1 aromatic carbocycles. The molecule has 0 heterocycles. The molecule has 0 spiro atoms. The van der Waals surface area contributed by atoms with Gasteiger partial charge >= 0.3 is 0 Å². The minimum Gasteiger partial charge on any atom is -0.344 e. The summed E-state index contributed by atoms with van der Waals surface area (Å²) in [6.07, 6.45) is 0. The standard InChI is InChI=1S/C12H3BrClN5/c13-9-1-7(3-15)11(2-10(9)14)19-12(6-18)8(4-16)5-17/h1-2,19H. The Bertz CT molecular complexity index is 709. The fourth-order valence-electron chi connectivity index (χ4n) is 1.16. The monoisotopic (exact) mass is 331 g/mol. The minimum absolute atomic E-state index is 0.222. The second-order valence-electron chi connectivity index (χ2n) is 3.13. The van der Waals surface area contributed by atoms with Gasteiger partial charge in [0.05, 0.1) is 16.3 Å². The Morgan fingerprint density at radius 3 is 2.21 bits per heavy atom. The quantitative estimate of drug-likeness (QED) is 0.837. The minimum atomic E-state index is -0.370. The van der Waals surface area contributed by atoms with Crippen molar-refractivity contribution in [3.8, 4) is 24.3 Å². The number of nitrogens with one attached hydrogen (secondary N) is 1. The first kappa shape index (κ1) is 14.6. The third-order valence-electron chi connectivity index (χ3n) is 2.03. The summed E-state index contributed by atoms with van der Waals surface area (Å²) in [6, 6.07) is 9.70. The van der Waals surface area contributed by atoms with Gasteiger partial charge in [0.2, 0.25) is 0 Å². The molecular formula is C12H3BrClN5. The van der Waals surface area contributed by atoms with Gasteiger partial charge < -0.3 is 5.32 Å². The van der Waals surface area contributed by atoms with Crippen LogP contribution in [0.2, 0.25) is 5.02 Å². The number of nitrogens with zero attached hydrogens (tertiary/aromatic N) is 4. The number of hydrogen-bond acceptors (Lipinski definition) is 5. The van der Waals surface area contributed by atoms with Gasteiger partial charge in [0.15, 0.2) is 5.57 Å². The zero-order chi connectivity index (χ0) is 14.4. The van der Waals surface area contributed by atoms with Crippen LogP contribution in [0, 0.1) is 45.3 Å². The lowest BCUT2D eigenvalue weighted by Gasteiger charge is -2.08. The van der Waals surface area contributed by atoms with Gasteiger partial charge in [-0.1, -0.05) is 11.6 Å². The van der Waals surface area contributed by atoms with E-state index in [0.717, 1.165) is 0 Å². The van der Waals surface area contributed by atoms with Gasteiger partial charge in [0.1, 0.15) is 30.0 Å². The van der Waals surface area contributed by atoms with Crippen LogP contribution in [-0.2, 0) is 0 Å². The number of rotatable bonds is 2. The van der Waals surface area contributed by atoms with E-state index >= 15 is 0 Å². The predicted molar refractivity (Wildman–Crippen MR) is 71.4 cm³/mol. The average Bonchev–Trinajstić information content (AvgIpc) is 2.42. The van der Waals surface area contributed by atoms with E-state index in [0.29, 0.717) is 9.50 Å². The lowest BCUT2D eigenvalue weighted by atomic mass is 10.1. The molecule has 0 radical (unpaired) electrons. The molecule has 0 aliphatic rings. The number of halogens is 2. The van der Waals surface area contributed by atoms with Crippen LogP contribution in [0.3, 0.4) is 0 Å². The first-order valence-electron chi connectivity index (χ1n) is 4.68. The normalized spacial score (nSPS) is 8.32. The van der Waals surface area contributed by atoms with Crippen LogP contribution in [-0.4, -0.2) is 0 Å². The van der Waals surface area contributed by atoms with E-state index in [1.165, 1.54) is 12.1 Å². The number of anilines is 1. The Kier molecular flexibility index (Phi) is 4.92. The summed E-state index contributed by atoms with van der Waals surface area (Å²) >= 11 is 9.06. The van der Waals surface area contributed by atoms with E-state index in [-0.39, 0.29) is 22.5 Å². The Balaban J connectivity index is 3.37. The summed E-state index contributed by atoms with van der Waals surface area (Å²) in [6.45, 7) is 0. The molecule has 0 aliphatic carbocycles. The molecule has 0 fully saturated rings. The Hall–Kier alpha value is -2.51. The highest BCUT2D eigenvalue weighted by Crippen LogP contribution is 2.29. The molecule has 0 aliphatic heterocycles. The lowest BCUT2D eigenvalue weighted by molar-refractivity contribution is 1.36. The zero-order valence-corrected chi connectivity index (χ0v) is 11.5. The smallest absolute Gasteiger partial charge is 0.163 e. The number of allylic oxidation sites excluding steroid dienone is 2. The van der Waals surface area contributed by atoms with Crippen LogP contribution in [0.15, 0.2) is 27.9 Å². The highest BCUT2D eigenvalue weighted by molar-refractivity contribution is 9.10. The maximum atomic E-state index is 8.99. The van der Waals surface area contributed by atoms with Crippen molar-refractivity contribution >= 4 is 33.2 Å². The Morgan fingerprint density at radius 1 is 1.11 bits per heavy atom. The van der Waals surface area contributed by atoms with Crippen LogP contribution < -0.4 is 5.32 Å². The molecule has 1 N–H and O–H groups in total. The van der Waals surface area contributed by atoms with Crippen LogP contribution >= 0.6 is 27.5 Å². The zero-order valence-electron chi connectivity index (χ0n) is 9.20. The predicted octanol–water partition coefficient (Wildman–Crippen LogP) is 3.21. The van der Waals surface area contributed by atoms with Gasteiger partial charge in [0.25, 0.3) is 0 Å². The van der Waals surface area contributed by atoms with Gasteiger partial charge in [-0.25, -0.2) is 0 Å². The SMILES string of the molecule is N#CC(C#N)=C(C#N)Nc1cc(Cl)c(Br)cc1C#N. The molecule has 0 bridgehead atoms. The number of hydrogen-bond donors (Lipinski definition) is 1. The van der Waals surface area contributed by atoms with Crippen molar-refractivity contribution in [2.45, 2.75) is 0 Å². The van der Waals surface area contributed by atoms with Crippen molar-refractivity contribution in [2.75, 3.05) is 5.32 Å². The van der Waals surface area contributed by atoms with Crippen LogP contribution in [0.5, 0.6) is 0 Å². The third kappa shape index (κ3) is 3.24. The van der Waals surface area contributed by atoms with E-state index in [9.17, 15) is 0 Å². The van der Waals surface area contributed by atoms with Crippen molar-refractivity contribution in [3.05, 3.63) is 38.5 Å². The van der Waals surface area contributed by atoms with E-state index < -0.39 is 0 Å². The van der Waals surface area contributed by atoms with Crippen LogP contribution in [0.4, 0.5) is 5.69 Å². The van der Waals surface area contributed by atoms with E-state index in [1.54, 1.807) is 18.2 Å². The highest BCUT2D eigenvalue weighted by Gasteiger charge is 2.11. The molecule has 1 aromatic rings. The maximum Gasteiger partial charge on any atom is 0.163 e. The number of nitriles is 4. The average molecular weight is 333 g/mol. The molecular weight excluding hydrogens is 330 g/mol. The van der Waals surface area contributed by atoms with E-state index in [1.807, 2.05) is 6.07 Å². The van der Waals surface area contributed by atoms with Crippen molar-refractivity contribution in [1.29, 1.82) is 21.0 Å². The molecule has 7 heteroatoms. The van der Waals surface area contributed by atoms with Crippen molar-refractivity contribution in [1.82, 2.24) is 0 Å². The molecule has 90 valence electrons. The van der Waals surface area contributed by atoms with Crippen LogP contribution in [0.1, 0.15) is 5.56 Å². The van der Waals surface area contributed by atoms with Crippen molar-refractivity contribution < 1.29 is 0 Å². The molecule has 0 amide bonds. The van der Waals surface area contributed by atoms with Crippen molar-refractivity contribution in [3.63, 3.8) is 0 Å². The van der Waals surface area contributed by atoms with Gasteiger partial charge in [-0.3, -0.25) is 0 Å². The topological polar surface area (TPSA) is 107 Å². The van der Waals surface area contributed by atoms with E-state index in [4.69, 9.17) is 32.6 Å². The molecule has 0 aromatic heterocycles. The number of benzene rings is 1. The van der Waals surface area contributed by atoms with Gasteiger partial charge in [-0.15, -0.1) is 0 Å². The molecule has 0 saturated heterocycles. The molecule has 0 unspecified atom stereocenters. The summed E-state index contributed by atoms with van der Waals surface area (Å²) in [4.78, 5) is 0. The second-order valence-corrected chi connectivity index (χ2v) is 4.40. The largest absolute Gasteiger partial charge is 0.344 e. The Morgan fingerprint density at radius 2 is 1.74 bits per heavy atom. The summed E-state index contributed by atoms with van der Waals surface area (Å²) in [7, 11) is 0. The Labute approximate surface area is 122 Å². The fourth-order valence-corrected chi connectivity index (χ4v) is 1.67. The van der Waals surface area contributed by atoms with Gasteiger partial charge in [-0.2, -0.15) is 21.0 Å². The molecule has 5 nitrogen and oxygen atoms in total. The molecule has 19 heavy (non-hydrogen) atoms. The summed E-state index contributed by atoms with van der Waals surface area (Å²) in [5.41, 5.74) is -0.139. The summed E-state index contributed by atoms with van der Waals surface area (Å²) in [5.74, 6) is 0. The molecule has 0 atom stereocenters. The first-order chi connectivity index (χ1) is 9.07. The maximum absolute atomic E-state index is 8.99. The molecule has 1 rings (SSSR count). The third-order valence-corrected chi connectivity index (χ3v) is 3.22.